The number of nitrogen functional groups attached to an aromatic ring is 1. The molecule has 0 bridgehead atoms. The fraction of sp³-hybridized carbons (Fsp3) is 0.0769. The van der Waals surface area contributed by atoms with Crippen molar-refractivity contribution in [2.24, 2.45) is 0 Å². The average Bonchev–Trinajstić information content (AvgIpc) is 2.39. The number of nitrogens with one attached hydrogen (secondary N) is 1. The van der Waals surface area contributed by atoms with Gasteiger partial charge in [-0.1, -0.05) is 29.3 Å². The molecule has 0 saturated carbocycles. The fourth-order valence-corrected chi connectivity index (χ4v) is 3.44. The van der Waals surface area contributed by atoms with Gasteiger partial charge in [-0.05, 0) is 36.8 Å². The molecule has 8 heteroatoms. The molecule has 0 aliphatic heterocycles. The van der Waals surface area contributed by atoms with Crippen LogP contribution < -0.4 is 10.5 Å². The molecule has 0 spiro atoms. The summed E-state index contributed by atoms with van der Waals surface area (Å²) in [5, 5.41) is -0.0251. The second kappa shape index (κ2) is 5.71. The molecule has 0 aromatic heterocycles. The molecule has 0 atom stereocenters. The minimum atomic E-state index is -4.00. The molecule has 3 N–H and O–H groups in total. The smallest absolute Gasteiger partial charge is 0.263 e. The molecule has 112 valence electrons. The molecule has 2 aromatic carbocycles. The van der Waals surface area contributed by atoms with E-state index in [0.29, 0.717) is 5.56 Å². The summed E-state index contributed by atoms with van der Waals surface area (Å²) in [5.41, 5.74) is 6.06. The minimum absolute atomic E-state index is 0.0312. The summed E-state index contributed by atoms with van der Waals surface area (Å²) >= 11 is 11.7. The van der Waals surface area contributed by atoms with Crippen LogP contribution in [0.15, 0.2) is 35.2 Å². The third kappa shape index (κ3) is 3.23. The van der Waals surface area contributed by atoms with E-state index in [-0.39, 0.29) is 26.3 Å². The molecule has 21 heavy (non-hydrogen) atoms. The van der Waals surface area contributed by atoms with Crippen molar-refractivity contribution in [1.29, 1.82) is 0 Å². The molecule has 4 nitrogen and oxygen atoms in total. The molecule has 0 saturated heterocycles. The predicted octanol–water partition coefficient (Wildman–Crippen LogP) is 3.82. The van der Waals surface area contributed by atoms with Gasteiger partial charge in [-0.3, -0.25) is 4.72 Å². The van der Waals surface area contributed by atoms with E-state index in [9.17, 15) is 12.8 Å². The standard InChI is InChI=1S/C13H11Cl2FN2O2S/c1-7-2-3-8(6-10(7)16)18-21(19,20)11-5-4-9(14)13(17)12(11)15/h2-6,18H,17H2,1H3. The number of benzene rings is 2. The van der Waals surface area contributed by atoms with E-state index in [1.165, 1.54) is 24.3 Å². The van der Waals surface area contributed by atoms with E-state index >= 15 is 0 Å². The van der Waals surface area contributed by atoms with Crippen molar-refractivity contribution in [2.45, 2.75) is 11.8 Å². The first-order valence-corrected chi connectivity index (χ1v) is 7.99. The maximum Gasteiger partial charge on any atom is 0.263 e. The van der Waals surface area contributed by atoms with E-state index in [1.54, 1.807) is 6.92 Å². The van der Waals surface area contributed by atoms with Gasteiger partial charge >= 0.3 is 0 Å². The van der Waals surface area contributed by atoms with Gasteiger partial charge in [-0.25, -0.2) is 12.8 Å². The Bertz CT molecular complexity index is 810. The maximum absolute atomic E-state index is 13.5. The van der Waals surface area contributed by atoms with Gasteiger partial charge in [-0.2, -0.15) is 0 Å². The van der Waals surface area contributed by atoms with Gasteiger partial charge in [0, 0.05) is 0 Å². The number of halogens is 3. The van der Waals surface area contributed by atoms with Gasteiger partial charge in [0.05, 0.1) is 21.4 Å². The summed E-state index contributed by atoms with van der Waals surface area (Å²) in [6, 6.07) is 6.55. The number of sulfonamides is 1. The van der Waals surface area contributed by atoms with E-state index in [1.807, 2.05) is 0 Å². The first-order valence-electron chi connectivity index (χ1n) is 5.75. The van der Waals surface area contributed by atoms with Gasteiger partial charge < -0.3 is 5.73 Å². The molecule has 0 heterocycles. The molecule has 2 aromatic rings. The van der Waals surface area contributed by atoms with Gasteiger partial charge in [0.1, 0.15) is 10.7 Å². The highest BCUT2D eigenvalue weighted by Crippen LogP contribution is 2.34. The molecular weight excluding hydrogens is 338 g/mol. The van der Waals surface area contributed by atoms with Crippen LogP contribution in [0.2, 0.25) is 10.0 Å². The lowest BCUT2D eigenvalue weighted by Gasteiger charge is -2.12. The summed E-state index contributed by atoms with van der Waals surface area (Å²) in [4.78, 5) is -0.230. The molecule has 2 rings (SSSR count). The fourth-order valence-electron chi connectivity index (χ4n) is 1.62. The molecule has 0 unspecified atom stereocenters. The number of nitrogens with two attached hydrogens (primary N) is 1. The van der Waals surface area contributed by atoms with Crippen LogP contribution in [-0.4, -0.2) is 8.42 Å². The Labute approximate surface area is 131 Å². The Morgan fingerprint density at radius 2 is 1.86 bits per heavy atom. The molecule has 0 aliphatic carbocycles. The van der Waals surface area contributed by atoms with E-state index < -0.39 is 15.8 Å². The highest BCUT2D eigenvalue weighted by molar-refractivity contribution is 7.92. The summed E-state index contributed by atoms with van der Waals surface area (Å²) in [7, 11) is -4.00. The van der Waals surface area contributed by atoms with E-state index in [0.717, 1.165) is 6.07 Å². The number of hydrogen-bond acceptors (Lipinski definition) is 3. The topological polar surface area (TPSA) is 72.2 Å². The van der Waals surface area contributed by atoms with Crippen LogP contribution in [0.25, 0.3) is 0 Å². The van der Waals surface area contributed by atoms with Crippen molar-refractivity contribution in [3.63, 3.8) is 0 Å². The van der Waals surface area contributed by atoms with Crippen LogP contribution in [0.1, 0.15) is 5.56 Å². The molecule has 0 amide bonds. The number of rotatable bonds is 3. The number of hydrogen-bond donors (Lipinski definition) is 2. The second-order valence-electron chi connectivity index (χ2n) is 4.34. The van der Waals surface area contributed by atoms with E-state index in [2.05, 4.69) is 4.72 Å². The first kappa shape index (κ1) is 15.9. The van der Waals surface area contributed by atoms with Crippen molar-refractivity contribution < 1.29 is 12.8 Å². The lowest BCUT2D eigenvalue weighted by molar-refractivity contribution is 0.601. The first-order chi connectivity index (χ1) is 9.72. The highest BCUT2D eigenvalue weighted by atomic mass is 35.5. The lowest BCUT2D eigenvalue weighted by atomic mass is 10.2. The van der Waals surface area contributed by atoms with Gasteiger partial charge in [0.25, 0.3) is 10.0 Å². The van der Waals surface area contributed by atoms with Crippen molar-refractivity contribution in [1.82, 2.24) is 0 Å². The Morgan fingerprint density at radius 3 is 2.48 bits per heavy atom. The van der Waals surface area contributed by atoms with Crippen LogP contribution in [-0.2, 0) is 10.0 Å². The largest absolute Gasteiger partial charge is 0.396 e. The normalized spacial score (nSPS) is 11.4. The molecular formula is C13H11Cl2FN2O2S. The van der Waals surface area contributed by atoms with Gasteiger partial charge in [0.2, 0.25) is 0 Å². The van der Waals surface area contributed by atoms with Crippen LogP contribution in [0.4, 0.5) is 15.8 Å². The number of anilines is 2. The summed E-state index contributed by atoms with van der Waals surface area (Å²) < 4.78 is 40.2. The second-order valence-corrected chi connectivity index (χ2v) is 6.78. The average molecular weight is 349 g/mol. The number of aryl methyl sites for hydroxylation is 1. The third-order valence-electron chi connectivity index (χ3n) is 2.80. The lowest BCUT2D eigenvalue weighted by Crippen LogP contribution is -2.14. The van der Waals surface area contributed by atoms with Crippen molar-refractivity contribution >= 4 is 44.6 Å². The van der Waals surface area contributed by atoms with Crippen LogP contribution in [0.5, 0.6) is 0 Å². The van der Waals surface area contributed by atoms with Crippen LogP contribution in [0.3, 0.4) is 0 Å². The van der Waals surface area contributed by atoms with Crippen molar-refractivity contribution in [2.75, 3.05) is 10.5 Å². The van der Waals surface area contributed by atoms with Crippen LogP contribution >= 0.6 is 23.2 Å². The highest BCUT2D eigenvalue weighted by Gasteiger charge is 2.21. The Hall–Kier alpha value is -1.50. The molecule has 0 aliphatic rings. The zero-order chi connectivity index (χ0) is 15.8. The Kier molecular flexibility index (Phi) is 4.32. The SMILES string of the molecule is Cc1ccc(NS(=O)(=O)c2ccc(Cl)c(N)c2Cl)cc1F. The predicted molar refractivity (Wildman–Crippen MR) is 82.8 cm³/mol. The van der Waals surface area contributed by atoms with Gasteiger partial charge in [0.15, 0.2) is 0 Å². The zero-order valence-corrected chi connectivity index (χ0v) is 13.2. The van der Waals surface area contributed by atoms with E-state index in [4.69, 9.17) is 28.9 Å². The van der Waals surface area contributed by atoms with Gasteiger partial charge in [-0.15, -0.1) is 0 Å². The minimum Gasteiger partial charge on any atom is -0.396 e. The zero-order valence-electron chi connectivity index (χ0n) is 10.8. The molecule has 0 fully saturated rings. The third-order valence-corrected chi connectivity index (χ3v) is 5.08. The Morgan fingerprint density at radius 1 is 1.19 bits per heavy atom. The monoisotopic (exact) mass is 348 g/mol. The quantitative estimate of drug-likeness (QED) is 0.828. The summed E-state index contributed by atoms with van der Waals surface area (Å²) in [6.07, 6.45) is 0. The van der Waals surface area contributed by atoms with Crippen LogP contribution in [0, 0.1) is 12.7 Å². The van der Waals surface area contributed by atoms with Crippen molar-refractivity contribution in [3.05, 3.63) is 51.8 Å². The Balaban J connectivity index is 2.43. The maximum atomic E-state index is 13.5. The molecule has 0 radical (unpaired) electrons. The summed E-state index contributed by atoms with van der Waals surface area (Å²) in [6.45, 7) is 1.57. The summed E-state index contributed by atoms with van der Waals surface area (Å²) in [5.74, 6) is -0.517. The van der Waals surface area contributed by atoms with Crippen molar-refractivity contribution in [3.8, 4) is 0 Å².